The standard InChI is InChI=1S/C20H24F2N2O/c1-13(2)16-10-8-15(9-11-16)12-24(4)14(3)20(25)23-19-17(21)6-5-7-18(19)22/h5-11,13-14H,12H2,1-4H3,(H,23,25). The topological polar surface area (TPSA) is 32.3 Å². The fourth-order valence-corrected chi connectivity index (χ4v) is 2.48. The third-order valence-corrected chi connectivity index (χ3v) is 4.33. The van der Waals surface area contributed by atoms with Crippen molar-refractivity contribution in [2.45, 2.75) is 39.3 Å². The number of carbonyl (C=O) groups excluding carboxylic acids is 1. The van der Waals surface area contributed by atoms with Gasteiger partial charge in [0.1, 0.15) is 17.3 Å². The predicted octanol–water partition coefficient (Wildman–Crippen LogP) is 4.55. The van der Waals surface area contributed by atoms with Gasteiger partial charge in [-0.15, -0.1) is 0 Å². The fourth-order valence-electron chi connectivity index (χ4n) is 2.48. The Hall–Kier alpha value is -2.27. The monoisotopic (exact) mass is 346 g/mol. The van der Waals surface area contributed by atoms with Crippen molar-refractivity contribution in [2.75, 3.05) is 12.4 Å². The van der Waals surface area contributed by atoms with E-state index in [1.165, 1.54) is 11.6 Å². The van der Waals surface area contributed by atoms with Crippen LogP contribution in [0.5, 0.6) is 0 Å². The fraction of sp³-hybridized carbons (Fsp3) is 0.350. The number of amides is 1. The van der Waals surface area contributed by atoms with Crippen LogP contribution >= 0.6 is 0 Å². The number of carbonyl (C=O) groups is 1. The predicted molar refractivity (Wildman–Crippen MR) is 96.4 cm³/mol. The number of likely N-dealkylation sites (N-methyl/N-ethyl adjacent to an activating group) is 1. The van der Waals surface area contributed by atoms with Crippen molar-refractivity contribution < 1.29 is 13.6 Å². The van der Waals surface area contributed by atoms with E-state index in [1.807, 2.05) is 17.0 Å². The second kappa shape index (κ2) is 8.21. The first-order valence-electron chi connectivity index (χ1n) is 8.33. The molecule has 3 nitrogen and oxygen atoms in total. The van der Waals surface area contributed by atoms with Crippen LogP contribution in [0, 0.1) is 11.6 Å². The molecule has 0 radical (unpaired) electrons. The number of rotatable bonds is 6. The van der Waals surface area contributed by atoms with E-state index in [2.05, 4.69) is 31.3 Å². The summed E-state index contributed by atoms with van der Waals surface area (Å²) in [6.07, 6.45) is 0. The van der Waals surface area contributed by atoms with Gasteiger partial charge in [0.25, 0.3) is 0 Å². The number of hydrogen-bond donors (Lipinski definition) is 1. The van der Waals surface area contributed by atoms with Crippen molar-refractivity contribution in [1.29, 1.82) is 0 Å². The summed E-state index contributed by atoms with van der Waals surface area (Å²) in [5.74, 6) is -1.56. The van der Waals surface area contributed by atoms with Crippen molar-refractivity contribution in [3.8, 4) is 0 Å². The van der Waals surface area contributed by atoms with Crippen molar-refractivity contribution in [3.63, 3.8) is 0 Å². The molecule has 0 aliphatic carbocycles. The summed E-state index contributed by atoms with van der Waals surface area (Å²) >= 11 is 0. The second-order valence-electron chi connectivity index (χ2n) is 6.57. The molecule has 1 N–H and O–H groups in total. The maximum absolute atomic E-state index is 13.7. The minimum atomic E-state index is -0.785. The van der Waals surface area contributed by atoms with Gasteiger partial charge in [-0.1, -0.05) is 44.2 Å². The van der Waals surface area contributed by atoms with E-state index in [1.54, 1.807) is 14.0 Å². The second-order valence-corrected chi connectivity index (χ2v) is 6.57. The minimum Gasteiger partial charge on any atom is -0.320 e. The first-order chi connectivity index (χ1) is 11.8. The van der Waals surface area contributed by atoms with Crippen molar-refractivity contribution in [1.82, 2.24) is 4.90 Å². The number of anilines is 1. The van der Waals surface area contributed by atoms with Gasteiger partial charge in [0.15, 0.2) is 0 Å². The number of hydrogen-bond acceptors (Lipinski definition) is 2. The number of nitrogens with one attached hydrogen (secondary N) is 1. The molecule has 134 valence electrons. The van der Waals surface area contributed by atoms with Crippen LogP contribution in [0.2, 0.25) is 0 Å². The lowest BCUT2D eigenvalue weighted by Gasteiger charge is -2.24. The summed E-state index contributed by atoms with van der Waals surface area (Å²) in [7, 11) is 1.80. The molecule has 25 heavy (non-hydrogen) atoms. The number of benzene rings is 2. The molecule has 0 bridgehead atoms. The van der Waals surface area contributed by atoms with Crippen LogP contribution in [0.4, 0.5) is 14.5 Å². The molecule has 1 unspecified atom stereocenters. The highest BCUT2D eigenvalue weighted by molar-refractivity contribution is 5.94. The lowest BCUT2D eigenvalue weighted by Crippen LogP contribution is -2.39. The zero-order valence-electron chi connectivity index (χ0n) is 15.0. The van der Waals surface area contributed by atoms with Crippen LogP contribution in [0.15, 0.2) is 42.5 Å². The first kappa shape index (κ1) is 19.1. The maximum Gasteiger partial charge on any atom is 0.241 e. The normalized spacial score (nSPS) is 12.5. The molecule has 0 saturated carbocycles. The van der Waals surface area contributed by atoms with Crippen LogP contribution in [-0.4, -0.2) is 23.9 Å². The molecule has 0 aliphatic rings. The molecule has 0 heterocycles. The van der Waals surface area contributed by atoms with Crippen LogP contribution < -0.4 is 5.32 Å². The molecule has 1 amide bonds. The van der Waals surface area contributed by atoms with Gasteiger partial charge >= 0.3 is 0 Å². The molecular formula is C20H24F2N2O. The highest BCUT2D eigenvalue weighted by atomic mass is 19.1. The lowest BCUT2D eigenvalue weighted by atomic mass is 10.0. The van der Waals surface area contributed by atoms with E-state index in [0.717, 1.165) is 17.7 Å². The molecule has 5 heteroatoms. The van der Waals surface area contributed by atoms with Gasteiger partial charge in [-0.05, 0) is 43.1 Å². The zero-order chi connectivity index (χ0) is 18.6. The van der Waals surface area contributed by atoms with Crippen molar-refractivity contribution in [2.24, 2.45) is 0 Å². The van der Waals surface area contributed by atoms with Crippen LogP contribution in [0.1, 0.15) is 37.8 Å². The van der Waals surface area contributed by atoms with E-state index in [4.69, 9.17) is 0 Å². The van der Waals surface area contributed by atoms with Gasteiger partial charge in [0.05, 0.1) is 6.04 Å². The smallest absolute Gasteiger partial charge is 0.241 e. The molecule has 2 aromatic carbocycles. The van der Waals surface area contributed by atoms with Gasteiger partial charge in [-0.25, -0.2) is 8.78 Å². The van der Waals surface area contributed by atoms with Crippen LogP contribution in [0.3, 0.4) is 0 Å². The molecule has 0 saturated heterocycles. The summed E-state index contributed by atoms with van der Waals surface area (Å²) in [5, 5.41) is 2.34. The molecule has 2 rings (SSSR count). The minimum absolute atomic E-state index is 0.408. The Labute approximate surface area is 147 Å². The molecule has 0 spiro atoms. The zero-order valence-corrected chi connectivity index (χ0v) is 15.0. The highest BCUT2D eigenvalue weighted by Crippen LogP contribution is 2.19. The number of halogens is 2. The summed E-state index contributed by atoms with van der Waals surface area (Å²) in [6, 6.07) is 11.2. The molecule has 0 aromatic heterocycles. The van der Waals surface area contributed by atoms with E-state index in [0.29, 0.717) is 12.5 Å². The van der Waals surface area contributed by atoms with Gasteiger partial charge in [0.2, 0.25) is 5.91 Å². The van der Waals surface area contributed by atoms with E-state index in [9.17, 15) is 13.6 Å². The first-order valence-corrected chi connectivity index (χ1v) is 8.33. The summed E-state index contributed by atoms with van der Waals surface area (Å²) in [6.45, 7) is 6.54. The Kier molecular flexibility index (Phi) is 6.26. The molecule has 0 fully saturated rings. The third-order valence-electron chi connectivity index (χ3n) is 4.33. The Balaban J connectivity index is 2.01. The largest absolute Gasteiger partial charge is 0.320 e. The Morgan fingerprint density at radius 1 is 1.04 bits per heavy atom. The van der Waals surface area contributed by atoms with Gasteiger partial charge in [-0.2, -0.15) is 0 Å². The Morgan fingerprint density at radius 2 is 1.60 bits per heavy atom. The summed E-state index contributed by atoms with van der Waals surface area (Å²) in [4.78, 5) is 14.1. The van der Waals surface area contributed by atoms with Crippen LogP contribution in [0.25, 0.3) is 0 Å². The highest BCUT2D eigenvalue weighted by Gasteiger charge is 2.21. The molecular weight excluding hydrogens is 322 g/mol. The van der Waals surface area contributed by atoms with E-state index in [-0.39, 0.29) is 0 Å². The lowest BCUT2D eigenvalue weighted by molar-refractivity contribution is -0.120. The molecule has 2 aromatic rings. The average Bonchev–Trinajstić information content (AvgIpc) is 2.57. The number of para-hydroxylation sites is 1. The number of nitrogens with zero attached hydrogens (tertiary/aromatic N) is 1. The van der Waals surface area contributed by atoms with Gasteiger partial charge < -0.3 is 5.32 Å². The maximum atomic E-state index is 13.7. The van der Waals surface area contributed by atoms with Gasteiger partial charge in [-0.3, -0.25) is 9.69 Å². The van der Waals surface area contributed by atoms with E-state index >= 15 is 0 Å². The third kappa shape index (κ3) is 4.86. The quantitative estimate of drug-likeness (QED) is 0.832. The van der Waals surface area contributed by atoms with E-state index < -0.39 is 29.3 Å². The average molecular weight is 346 g/mol. The SMILES string of the molecule is CC(C)c1ccc(CN(C)C(C)C(=O)Nc2c(F)cccc2F)cc1. The van der Waals surface area contributed by atoms with Crippen LogP contribution in [-0.2, 0) is 11.3 Å². The summed E-state index contributed by atoms with van der Waals surface area (Å²) < 4.78 is 27.3. The Morgan fingerprint density at radius 3 is 2.12 bits per heavy atom. The molecule has 0 aliphatic heterocycles. The van der Waals surface area contributed by atoms with Gasteiger partial charge in [0, 0.05) is 6.54 Å². The molecule has 1 atom stereocenters. The summed E-state index contributed by atoms with van der Waals surface area (Å²) in [5.41, 5.74) is 1.92. The van der Waals surface area contributed by atoms with Crippen molar-refractivity contribution in [3.05, 3.63) is 65.2 Å². The Bertz CT molecular complexity index is 709. The van der Waals surface area contributed by atoms with Crippen molar-refractivity contribution >= 4 is 11.6 Å².